The number of rotatable bonds is 7. The van der Waals surface area contributed by atoms with Crippen LogP contribution in [0.5, 0.6) is 5.75 Å². The first kappa shape index (κ1) is 18.7. The Labute approximate surface area is 141 Å². The van der Waals surface area contributed by atoms with Crippen LogP contribution in [0.15, 0.2) is 66.3 Å². The molecule has 0 aromatic heterocycles. The summed E-state index contributed by atoms with van der Waals surface area (Å²) >= 11 is 5.80. The van der Waals surface area contributed by atoms with Crippen molar-refractivity contribution < 1.29 is 14.7 Å². The summed E-state index contributed by atoms with van der Waals surface area (Å²) < 4.78 is 5.35. The van der Waals surface area contributed by atoms with Crippen LogP contribution in [0.3, 0.4) is 0 Å². The maximum Gasteiger partial charge on any atom is 0.343 e. The van der Waals surface area contributed by atoms with E-state index < -0.39 is 5.97 Å². The lowest BCUT2D eigenvalue weighted by Gasteiger charge is -2.13. The summed E-state index contributed by atoms with van der Waals surface area (Å²) in [6, 6.07) is 5.19. The first-order valence-electron chi connectivity index (χ1n) is 7.01. The second-order valence-corrected chi connectivity index (χ2v) is 5.43. The zero-order valence-corrected chi connectivity index (χ0v) is 13.9. The smallest absolute Gasteiger partial charge is 0.343 e. The Hall–Kier alpha value is -2.30. The van der Waals surface area contributed by atoms with Crippen molar-refractivity contribution >= 4 is 23.3 Å². The molecule has 0 atom stereocenters. The quantitative estimate of drug-likeness (QED) is 0.244. The van der Waals surface area contributed by atoms with Crippen LogP contribution in [-0.2, 0) is 4.79 Å². The summed E-state index contributed by atoms with van der Waals surface area (Å²) in [5.41, 5.74) is 3.51. The highest BCUT2D eigenvalue weighted by Gasteiger charge is 2.13. The van der Waals surface area contributed by atoms with Crippen molar-refractivity contribution in [2.75, 3.05) is 5.48 Å². The normalized spacial score (nSPS) is 12.0. The number of esters is 1. The third-order valence-corrected chi connectivity index (χ3v) is 3.35. The second kappa shape index (κ2) is 8.98. The fourth-order valence-electron chi connectivity index (χ4n) is 1.69. The number of allylic oxidation sites excluding steroid dienone is 4. The van der Waals surface area contributed by atoms with Crippen LogP contribution in [0, 0.1) is 0 Å². The largest absolute Gasteiger partial charge is 0.421 e. The molecule has 0 unspecified atom stereocenters. The molecule has 1 rings (SSSR count). The number of anilines is 1. The molecule has 0 bridgehead atoms. The fraction of sp³-hybridized carbons (Fsp3) is 0.167. The minimum absolute atomic E-state index is 0.226. The van der Waals surface area contributed by atoms with Crippen LogP contribution in [0.1, 0.15) is 25.3 Å². The Morgan fingerprint density at radius 3 is 2.52 bits per heavy atom. The zero-order chi connectivity index (χ0) is 17.4. The van der Waals surface area contributed by atoms with Crippen LogP contribution in [-0.4, -0.2) is 11.2 Å². The van der Waals surface area contributed by atoms with E-state index in [-0.39, 0.29) is 17.2 Å². The molecule has 0 spiro atoms. The van der Waals surface area contributed by atoms with E-state index in [4.69, 9.17) is 21.5 Å². The van der Waals surface area contributed by atoms with E-state index in [2.05, 4.69) is 13.2 Å². The molecule has 2 N–H and O–H groups in total. The van der Waals surface area contributed by atoms with Crippen LogP contribution in [0.4, 0.5) is 5.69 Å². The summed E-state index contributed by atoms with van der Waals surface area (Å²) in [5.74, 6) is -0.124. The lowest BCUT2D eigenvalue weighted by atomic mass is 10.0. The monoisotopic (exact) mass is 333 g/mol. The number of hydrogen-bond donors (Lipinski definition) is 2. The lowest BCUT2D eigenvalue weighted by Crippen LogP contribution is -2.11. The standard InChI is InChI=1S/C18H20ClNO3/c1-5-13(7-9-15(19)6-2)18(21)23-17-11-14(12(3)4)8-10-16(17)20-22/h5-12,20,22H,1-2H2,3-4H3/b13-7+,15-9+. The average molecular weight is 334 g/mol. The van der Waals surface area contributed by atoms with Crippen LogP contribution >= 0.6 is 11.6 Å². The number of ether oxygens (including phenoxy) is 1. The van der Waals surface area contributed by atoms with E-state index in [9.17, 15) is 4.79 Å². The Balaban J connectivity index is 3.09. The first-order valence-corrected chi connectivity index (χ1v) is 7.39. The van der Waals surface area contributed by atoms with Gasteiger partial charge >= 0.3 is 5.97 Å². The number of benzene rings is 1. The minimum atomic E-state index is -0.609. The van der Waals surface area contributed by atoms with Gasteiger partial charge < -0.3 is 4.74 Å². The molecular formula is C18H20ClNO3. The van der Waals surface area contributed by atoms with Crippen molar-refractivity contribution in [2.24, 2.45) is 0 Å². The van der Waals surface area contributed by atoms with Gasteiger partial charge in [0.15, 0.2) is 5.75 Å². The van der Waals surface area contributed by atoms with Crippen molar-refractivity contribution in [3.63, 3.8) is 0 Å². The number of nitrogens with one attached hydrogen (secondary N) is 1. The summed E-state index contributed by atoms with van der Waals surface area (Å²) in [5, 5.41) is 9.54. The van der Waals surface area contributed by atoms with Gasteiger partial charge in [-0.05, 0) is 35.8 Å². The molecule has 0 saturated heterocycles. The molecule has 4 nitrogen and oxygen atoms in total. The average Bonchev–Trinajstić information content (AvgIpc) is 2.54. The number of hydrogen-bond acceptors (Lipinski definition) is 4. The molecule has 0 amide bonds. The first-order chi connectivity index (χ1) is 10.9. The highest BCUT2D eigenvalue weighted by atomic mass is 35.5. The molecule has 0 heterocycles. The van der Waals surface area contributed by atoms with Crippen molar-refractivity contribution in [1.29, 1.82) is 0 Å². The van der Waals surface area contributed by atoms with Crippen LogP contribution in [0.25, 0.3) is 0 Å². The van der Waals surface area contributed by atoms with Gasteiger partial charge in [-0.2, -0.15) is 0 Å². The van der Waals surface area contributed by atoms with Gasteiger partial charge in [-0.3, -0.25) is 10.7 Å². The maximum atomic E-state index is 12.2. The molecule has 23 heavy (non-hydrogen) atoms. The molecule has 5 heteroatoms. The van der Waals surface area contributed by atoms with Gasteiger partial charge in [0.25, 0.3) is 0 Å². The highest BCUT2D eigenvalue weighted by Crippen LogP contribution is 2.29. The third-order valence-electron chi connectivity index (χ3n) is 3.07. The van der Waals surface area contributed by atoms with E-state index in [0.29, 0.717) is 10.7 Å². The molecular weight excluding hydrogens is 314 g/mol. The van der Waals surface area contributed by atoms with Crippen molar-refractivity contribution in [1.82, 2.24) is 0 Å². The molecule has 0 fully saturated rings. The number of carbonyl (C=O) groups excluding carboxylic acids is 1. The van der Waals surface area contributed by atoms with Gasteiger partial charge in [0.05, 0.1) is 5.57 Å². The Morgan fingerprint density at radius 1 is 1.30 bits per heavy atom. The van der Waals surface area contributed by atoms with E-state index in [0.717, 1.165) is 5.56 Å². The zero-order valence-electron chi connectivity index (χ0n) is 13.2. The summed E-state index contributed by atoms with van der Waals surface area (Å²) in [4.78, 5) is 12.2. The summed E-state index contributed by atoms with van der Waals surface area (Å²) in [7, 11) is 0. The Bertz CT molecular complexity index is 660. The molecule has 1 aromatic carbocycles. The third kappa shape index (κ3) is 5.43. The maximum absolute atomic E-state index is 12.2. The molecule has 0 aliphatic heterocycles. The van der Waals surface area contributed by atoms with Gasteiger partial charge in [0, 0.05) is 5.03 Å². The van der Waals surface area contributed by atoms with E-state index >= 15 is 0 Å². The lowest BCUT2D eigenvalue weighted by molar-refractivity contribution is -0.129. The molecule has 122 valence electrons. The predicted molar refractivity (Wildman–Crippen MR) is 94.0 cm³/mol. The summed E-state index contributed by atoms with van der Waals surface area (Å²) in [6.45, 7) is 11.1. The molecule has 1 aromatic rings. The van der Waals surface area contributed by atoms with Gasteiger partial charge in [0.1, 0.15) is 5.69 Å². The molecule has 0 aliphatic rings. The van der Waals surface area contributed by atoms with Gasteiger partial charge in [-0.25, -0.2) is 4.79 Å². The van der Waals surface area contributed by atoms with Gasteiger partial charge in [-0.1, -0.05) is 56.8 Å². The SMILES string of the molecule is C=C/C(Cl)=C\C=C(/C=C)C(=O)Oc1cc(C(C)C)ccc1NO. The van der Waals surface area contributed by atoms with Crippen molar-refractivity contribution in [3.05, 3.63) is 71.8 Å². The van der Waals surface area contributed by atoms with E-state index in [1.807, 2.05) is 25.4 Å². The minimum Gasteiger partial charge on any atom is -0.421 e. The second-order valence-electron chi connectivity index (χ2n) is 4.99. The predicted octanol–water partition coefficient (Wildman–Crippen LogP) is 4.94. The van der Waals surface area contributed by atoms with Crippen LogP contribution in [0.2, 0.25) is 0 Å². The fourth-order valence-corrected chi connectivity index (χ4v) is 1.75. The Morgan fingerprint density at radius 2 is 2.00 bits per heavy atom. The van der Waals surface area contributed by atoms with Crippen molar-refractivity contribution in [3.8, 4) is 5.75 Å². The number of carbonyl (C=O) groups is 1. The molecule has 0 saturated carbocycles. The van der Waals surface area contributed by atoms with Crippen LogP contribution < -0.4 is 10.2 Å². The molecule has 0 aliphatic carbocycles. The van der Waals surface area contributed by atoms with Crippen molar-refractivity contribution in [2.45, 2.75) is 19.8 Å². The van der Waals surface area contributed by atoms with E-state index in [1.54, 1.807) is 12.1 Å². The highest BCUT2D eigenvalue weighted by molar-refractivity contribution is 6.31. The van der Waals surface area contributed by atoms with Gasteiger partial charge in [0.2, 0.25) is 0 Å². The Kier molecular flexibility index (Phi) is 7.32. The van der Waals surface area contributed by atoms with E-state index in [1.165, 1.54) is 24.3 Å². The van der Waals surface area contributed by atoms with Gasteiger partial charge in [-0.15, -0.1) is 0 Å². The number of halogens is 1. The summed E-state index contributed by atoms with van der Waals surface area (Å²) in [6.07, 6.45) is 5.81. The topological polar surface area (TPSA) is 58.6 Å². The molecule has 0 radical (unpaired) electrons.